The standard InChI is InChI=1S/C25H34FN3O2/c1-19(2)18-31-24-10-6-20(7-11-24)16-27-25(30)29(23-12-14-28(3)15-13-23)17-21-4-8-22(26)9-5-21/h4-11,19,23H,12-18H2,1-3H3,(H,27,30)/i14D2,15D2,18D2. The van der Waals surface area contributed by atoms with Gasteiger partial charge in [0, 0.05) is 24.6 Å². The number of urea groups is 1. The fourth-order valence-corrected chi connectivity index (χ4v) is 3.13. The molecule has 0 radical (unpaired) electrons. The van der Waals surface area contributed by atoms with E-state index in [0.29, 0.717) is 11.3 Å². The summed E-state index contributed by atoms with van der Waals surface area (Å²) in [6.45, 7) is -2.10. The number of rotatable bonds is 8. The lowest BCUT2D eigenvalue weighted by Gasteiger charge is -2.37. The summed E-state index contributed by atoms with van der Waals surface area (Å²) in [6, 6.07) is 11.1. The molecule has 0 bridgehead atoms. The van der Waals surface area contributed by atoms with Gasteiger partial charge in [-0.3, -0.25) is 0 Å². The molecular weight excluding hydrogens is 393 g/mol. The Labute approximate surface area is 193 Å². The first kappa shape index (κ1) is 16.1. The molecule has 3 rings (SSSR count). The van der Waals surface area contributed by atoms with Crippen LogP contribution in [0, 0.1) is 11.7 Å². The lowest BCUT2D eigenvalue weighted by atomic mass is 10.0. The summed E-state index contributed by atoms with van der Waals surface area (Å²) in [5.74, 6) is -0.390. The first-order chi connectivity index (χ1) is 17.1. The summed E-state index contributed by atoms with van der Waals surface area (Å²) in [6.07, 6.45) is -0.164. The van der Waals surface area contributed by atoms with E-state index in [2.05, 4.69) is 5.32 Å². The summed E-state index contributed by atoms with van der Waals surface area (Å²) >= 11 is 0. The zero-order valence-electron chi connectivity index (χ0n) is 24.2. The highest BCUT2D eigenvalue weighted by Gasteiger charge is 2.27. The molecule has 5 nitrogen and oxygen atoms in total. The van der Waals surface area contributed by atoms with E-state index < -0.39 is 37.4 Å². The second-order valence-electron chi connectivity index (χ2n) is 7.87. The van der Waals surface area contributed by atoms with Crippen LogP contribution in [-0.2, 0) is 13.1 Å². The van der Waals surface area contributed by atoms with Gasteiger partial charge in [-0.05, 0) is 74.2 Å². The molecule has 6 heteroatoms. The van der Waals surface area contributed by atoms with Gasteiger partial charge in [0.15, 0.2) is 0 Å². The van der Waals surface area contributed by atoms with Gasteiger partial charge in [0.25, 0.3) is 0 Å². The zero-order valence-corrected chi connectivity index (χ0v) is 18.2. The summed E-state index contributed by atoms with van der Waals surface area (Å²) in [5.41, 5.74) is 1.37. The van der Waals surface area contributed by atoms with Gasteiger partial charge >= 0.3 is 6.03 Å². The van der Waals surface area contributed by atoms with Crippen LogP contribution in [-0.4, -0.2) is 48.5 Å². The molecule has 2 aromatic rings. The Morgan fingerprint density at radius 3 is 2.42 bits per heavy atom. The molecule has 2 amide bonds. The minimum Gasteiger partial charge on any atom is -0.493 e. The largest absolute Gasteiger partial charge is 0.493 e. The molecule has 1 aliphatic rings. The van der Waals surface area contributed by atoms with Crippen LogP contribution in [0.1, 0.15) is 46.0 Å². The van der Waals surface area contributed by atoms with Gasteiger partial charge in [0.05, 0.1) is 9.30 Å². The Bertz CT molecular complexity index is 1050. The Morgan fingerprint density at radius 2 is 1.81 bits per heavy atom. The number of piperidine rings is 1. The third-order valence-corrected chi connectivity index (χ3v) is 4.88. The third kappa shape index (κ3) is 7.24. The molecule has 1 heterocycles. The van der Waals surface area contributed by atoms with Crippen LogP contribution < -0.4 is 10.1 Å². The van der Waals surface area contributed by atoms with Crippen molar-refractivity contribution in [3.05, 3.63) is 65.5 Å². The number of amides is 2. The quantitative estimate of drug-likeness (QED) is 0.658. The van der Waals surface area contributed by atoms with Crippen molar-refractivity contribution < 1.29 is 22.1 Å². The molecule has 0 aromatic heterocycles. The van der Waals surface area contributed by atoms with Gasteiger partial charge in [0.1, 0.15) is 11.6 Å². The van der Waals surface area contributed by atoms with E-state index in [1.807, 2.05) is 0 Å². The Hall–Kier alpha value is -2.60. The zero-order chi connectivity index (χ0) is 27.6. The molecule has 0 unspecified atom stereocenters. The molecule has 31 heavy (non-hydrogen) atoms. The van der Waals surface area contributed by atoms with Gasteiger partial charge in [-0.1, -0.05) is 38.1 Å². The average molecular weight is 434 g/mol. The Balaban J connectivity index is 1.75. The van der Waals surface area contributed by atoms with Gasteiger partial charge in [-0.15, -0.1) is 0 Å². The number of likely N-dealkylation sites (tertiary alicyclic amines) is 1. The molecule has 0 spiro atoms. The number of ether oxygens (including phenoxy) is 1. The highest BCUT2D eigenvalue weighted by molar-refractivity contribution is 5.74. The van der Waals surface area contributed by atoms with Crippen molar-refractivity contribution in [3.8, 4) is 5.75 Å². The minimum absolute atomic E-state index is 0.0592. The molecule has 1 aliphatic heterocycles. The van der Waals surface area contributed by atoms with Crippen LogP contribution in [0.2, 0.25) is 0 Å². The van der Waals surface area contributed by atoms with E-state index >= 15 is 0 Å². The number of carbonyl (C=O) groups excluding carboxylic acids is 1. The lowest BCUT2D eigenvalue weighted by molar-refractivity contribution is 0.127. The van der Waals surface area contributed by atoms with E-state index in [9.17, 15) is 9.18 Å². The number of nitrogens with zero attached hydrogens (tertiary/aromatic N) is 2. The van der Waals surface area contributed by atoms with Gasteiger partial charge in [0.2, 0.25) is 0 Å². The molecule has 0 aliphatic carbocycles. The van der Waals surface area contributed by atoms with E-state index in [1.165, 1.54) is 24.1 Å². The molecule has 1 fully saturated rings. The predicted octanol–water partition coefficient (Wildman–Crippen LogP) is 4.67. The number of halogens is 1. The topological polar surface area (TPSA) is 44.8 Å². The first-order valence-corrected chi connectivity index (χ1v) is 10.4. The monoisotopic (exact) mass is 433 g/mol. The highest BCUT2D eigenvalue weighted by atomic mass is 19.1. The number of benzene rings is 2. The molecule has 1 saturated heterocycles. The Morgan fingerprint density at radius 1 is 1.19 bits per heavy atom. The van der Waals surface area contributed by atoms with E-state index in [-0.39, 0.29) is 31.8 Å². The predicted molar refractivity (Wildman–Crippen MR) is 121 cm³/mol. The van der Waals surface area contributed by atoms with Crippen LogP contribution in [0.3, 0.4) is 0 Å². The highest BCUT2D eigenvalue weighted by Crippen LogP contribution is 2.19. The maximum atomic E-state index is 13.4. The molecule has 0 atom stereocenters. The second kappa shape index (κ2) is 11.1. The molecule has 168 valence electrons. The smallest absolute Gasteiger partial charge is 0.318 e. The van der Waals surface area contributed by atoms with Crippen LogP contribution in [0.15, 0.2) is 48.5 Å². The summed E-state index contributed by atoms with van der Waals surface area (Å²) in [4.78, 5) is 15.8. The van der Waals surface area contributed by atoms with Crippen LogP contribution in [0.5, 0.6) is 5.75 Å². The number of carbonyl (C=O) groups is 1. The number of hydrogen-bond acceptors (Lipinski definition) is 3. The van der Waals surface area contributed by atoms with Crippen molar-refractivity contribution in [2.75, 3.05) is 26.6 Å². The minimum atomic E-state index is -1.97. The number of hydrogen-bond donors (Lipinski definition) is 1. The average Bonchev–Trinajstić information content (AvgIpc) is 2.80. The third-order valence-electron chi connectivity index (χ3n) is 4.88. The van der Waals surface area contributed by atoms with E-state index in [0.717, 1.165) is 10.5 Å². The molecule has 1 N–H and O–H groups in total. The fourth-order valence-electron chi connectivity index (χ4n) is 3.13. The number of nitrogens with one attached hydrogen (secondary N) is 1. The first-order valence-electron chi connectivity index (χ1n) is 13.4. The SMILES string of the molecule is [2H]C([2H])(Oc1ccc(CNC(=O)N(Cc2ccc(F)cc2)C2CC([2H])([2H])N(C)C([2H])([2H])C2)cc1)C(C)C. The maximum Gasteiger partial charge on any atom is 0.318 e. The van der Waals surface area contributed by atoms with E-state index in [4.69, 9.17) is 13.0 Å². The van der Waals surface area contributed by atoms with Crippen molar-refractivity contribution in [2.24, 2.45) is 5.92 Å². The van der Waals surface area contributed by atoms with Gasteiger partial charge < -0.3 is 19.9 Å². The molecule has 0 saturated carbocycles. The summed E-state index contributed by atoms with van der Waals surface area (Å²) in [7, 11) is 1.39. The van der Waals surface area contributed by atoms with Gasteiger partial charge in [-0.2, -0.15) is 0 Å². The molecule has 2 aromatic carbocycles. The Kier molecular flexibility index (Phi) is 5.78. The summed E-state index contributed by atoms with van der Waals surface area (Å²) in [5, 5.41) is 2.82. The van der Waals surface area contributed by atoms with Crippen molar-refractivity contribution in [3.63, 3.8) is 0 Å². The second-order valence-corrected chi connectivity index (χ2v) is 7.87. The van der Waals surface area contributed by atoms with Crippen LogP contribution >= 0.6 is 0 Å². The molecular formula is C25H34FN3O2. The van der Waals surface area contributed by atoms with Crippen molar-refractivity contribution >= 4 is 6.03 Å². The van der Waals surface area contributed by atoms with Crippen LogP contribution in [0.25, 0.3) is 0 Å². The normalized spacial score (nSPS) is 21.7. The maximum absolute atomic E-state index is 13.4. The van der Waals surface area contributed by atoms with Crippen LogP contribution in [0.4, 0.5) is 9.18 Å². The van der Waals surface area contributed by atoms with Crippen molar-refractivity contribution in [1.29, 1.82) is 0 Å². The van der Waals surface area contributed by atoms with Gasteiger partial charge in [-0.25, -0.2) is 9.18 Å². The van der Waals surface area contributed by atoms with E-state index in [1.54, 1.807) is 50.2 Å². The fraction of sp³-hybridized carbons (Fsp3) is 0.480. The van der Waals surface area contributed by atoms with Crippen molar-refractivity contribution in [1.82, 2.24) is 15.1 Å². The summed E-state index contributed by atoms with van der Waals surface area (Å²) < 4.78 is 68.0. The lowest BCUT2D eigenvalue weighted by Crippen LogP contribution is -2.49. The van der Waals surface area contributed by atoms with Crippen molar-refractivity contribution in [2.45, 2.75) is 45.8 Å².